The lowest BCUT2D eigenvalue weighted by Crippen LogP contribution is -2.07. The first-order valence-corrected chi connectivity index (χ1v) is 11.2. The molecule has 3 aromatic carbocycles. The van der Waals surface area contributed by atoms with Gasteiger partial charge in [-0.1, -0.05) is 24.3 Å². The van der Waals surface area contributed by atoms with Gasteiger partial charge in [0.2, 0.25) is 5.91 Å². The first-order chi connectivity index (χ1) is 16.5. The molecule has 0 aliphatic heterocycles. The van der Waals surface area contributed by atoms with Crippen molar-refractivity contribution in [2.75, 3.05) is 5.32 Å². The zero-order valence-electron chi connectivity index (χ0n) is 19.0. The summed E-state index contributed by atoms with van der Waals surface area (Å²) in [5.74, 6) is 0.520. The first kappa shape index (κ1) is 21.6. The van der Waals surface area contributed by atoms with Crippen molar-refractivity contribution >= 4 is 22.6 Å². The number of hydrogen-bond acceptors (Lipinski definition) is 3. The maximum absolute atomic E-state index is 13.8. The Kier molecular flexibility index (Phi) is 5.67. The van der Waals surface area contributed by atoms with E-state index in [0.717, 1.165) is 45.9 Å². The molecule has 7 heteroatoms. The standard InChI is InChI=1S/C27H24FN5O/c1-3-32-26-11-10-20(19-6-4-8-22(14-19)30-18(2)34)15-25(26)31-27(32)17-24-12-13-29-33(24)23-9-5-7-21(28)16-23/h4-16H,3,17H2,1-2H3,(H,30,34). The van der Waals surface area contributed by atoms with Crippen LogP contribution in [-0.2, 0) is 17.8 Å². The Balaban J connectivity index is 1.51. The van der Waals surface area contributed by atoms with Gasteiger partial charge in [-0.3, -0.25) is 4.79 Å². The van der Waals surface area contributed by atoms with E-state index in [1.54, 1.807) is 16.9 Å². The minimum Gasteiger partial charge on any atom is -0.328 e. The Hall–Kier alpha value is -4.26. The van der Waals surface area contributed by atoms with Crippen LogP contribution in [0.1, 0.15) is 25.4 Å². The molecule has 170 valence electrons. The summed E-state index contributed by atoms with van der Waals surface area (Å²) in [4.78, 5) is 16.4. The molecule has 34 heavy (non-hydrogen) atoms. The lowest BCUT2D eigenvalue weighted by molar-refractivity contribution is -0.114. The molecule has 6 nitrogen and oxygen atoms in total. The third kappa shape index (κ3) is 4.20. The van der Waals surface area contributed by atoms with Crippen LogP contribution in [0.15, 0.2) is 79.0 Å². The Morgan fingerprint density at radius 2 is 1.82 bits per heavy atom. The molecule has 1 amide bonds. The largest absolute Gasteiger partial charge is 0.328 e. The molecule has 0 spiro atoms. The number of rotatable bonds is 6. The number of fused-ring (bicyclic) bond motifs is 1. The van der Waals surface area contributed by atoms with Gasteiger partial charge >= 0.3 is 0 Å². The SMILES string of the molecule is CCn1c(Cc2ccnn2-c2cccc(F)c2)nc2cc(-c3cccc(NC(C)=O)c3)ccc21. The highest BCUT2D eigenvalue weighted by Crippen LogP contribution is 2.28. The minimum atomic E-state index is -0.296. The number of imidazole rings is 1. The molecule has 0 aliphatic rings. The fourth-order valence-electron chi connectivity index (χ4n) is 4.29. The van der Waals surface area contributed by atoms with Crippen LogP contribution < -0.4 is 5.32 Å². The van der Waals surface area contributed by atoms with Gasteiger partial charge in [-0.15, -0.1) is 0 Å². The van der Waals surface area contributed by atoms with E-state index in [-0.39, 0.29) is 11.7 Å². The Bertz CT molecular complexity index is 1500. The van der Waals surface area contributed by atoms with Gasteiger partial charge in [-0.2, -0.15) is 5.10 Å². The minimum absolute atomic E-state index is 0.101. The number of nitrogens with zero attached hydrogens (tertiary/aromatic N) is 4. The fourth-order valence-corrected chi connectivity index (χ4v) is 4.29. The van der Waals surface area contributed by atoms with E-state index in [4.69, 9.17) is 4.98 Å². The normalized spacial score (nSPS) is 11.1. The van der Waals surface area contributed by atoms with Crippen LogP contribution in [0.25, 0.3) is 27.8 Å². The van der Waals surface area contributed by atoms with Gasteiger partial charge in [-0.25, -0.2) is 14.1 Å². The number of carbonyl (C=O) groups excluding carboxylic acids is 1. The second kappa shape index (κ2) is 8.94. The summed E-state index contributed by atoms with van der Waals surface area (Å²) >= 11 is 0. The number of benzene rings is 3. The van der Waals surface area contributed by atoms with Gasteiger partial charge < -0.3 is 9.88 Å². The lowest BCUT2D eigenvalue weighted by atomic mass is 10.0. The second-order valence-electron chi connectivity index (χ2n) is 8.13. The second-order valence-corrected chi connectivity index (χ2v) is 8.13. The molecule has 5 aromatic rings. The first-order valence-electron chi connectivity index (χ1n) is 11.2. The number of amides is 1. The quantitative estimate of drug-likeness (QED) is 0.364. The van der Waals surface area contributed by atoms with Crippen LogP contribution in [0.3, 0.4) is 0 Å². The Morgan fingerprint density at radius 3 is 2.62 bits per heavy atom. The summed E-state index contributed by atoms with van der Waals surface area (Å²) in [6.07, 6.45) is 2.28. The molecular formula is C27H24FN5O. The van der Waals surface area contributed by atoms with E-state index in [9.17, 15) is 9.18 Å². The van der Waals surface area contributed by atoms with Crippen LogP contribution in [0.2, 0.25) is 0 Å². The summed E-state index contributed by atoms with van der Waals surface area (Å²) in [7, 11) is 0. The highest BCUT2D eigenvalue weighted by molar-refractivity contribution is 5.90. The summed E-state index contributed by atoms with van der Waals surface area (Å²) < 4.78 is 17.7. The molecule has 0 saturated heterocycles. The Labute approximate surface area is 196 Å². The van der Waals surface area contributed by atoms with Crippen molar-refractivity contribution in [3.8, 4) is 16.8 Å². The van der Waals surface area contributed by atoms with Gasteiger partial charge in [0, 0.05) is 31.8 Å². The van der Waals surface area contributed by atoms with Crippen molar-refractivity contribution in [3.05, 3.63) is 96.3 Å². The monoisotopic (exact) mass is 453 g/mol. The summed E-state index contributed by atoms with van der Waals surface area (Å²) in [6, 6.07) is 22.3. The van der Waals surface area contributed by atoms with Crippen LogP contribution in [0, 0.1) is 5.82 Å². The molecule has 0 saturated carbocycles. The molecule has 5 rings (SSSR count). The number of halogens is 1. The third-order valence-electron chi connectivity index (χ3n) is 5.77. The Morgan fingerprint density at radius 1 is 1.00 bits per heavy atom. The fraction of sp³-hybridized carbons (Fsp3) is 0.148. The maximum Gasteiger partial charge on any atom is 0.221 e. The molecule has 0 atom stereocenters. The lowest BCUT2D eigenvalue weighted by Gasteiger charge is -2.09. The predicted octanol–water partition coefficient (Wildman–Crippen LogP) is 5.60. The molecule has 0 fully saturated rings. The average molecular weight is 454 g/mol. The van der Waals surface area contributed by atoms with Crippen molar-refractivity contribution in [2.45, 2.75) is 26.8 Å². The molecule has 0 radical (unpaired) electrons. The number of aryl methyl sites for hydroxylation is 1. The molecule has 1 N–H and O–H groups in total. The van der Waals surface area contributed by atoms with E-state index >= 15 is 0 Å². The van der Waals surface area contributed by atoms with Crippen molar-refractivity contribution in [3.63, 3.8) is 0 Å². The van der Waals surface area contributed by atoms with Crippen LogP contribution in [0.4, 0.5) is 10.1 Å². The molecule has 0 unspecified atom stereocenters. The van der Waals surface area contributed by atoms with E-state index in [2.05, 4.69) is 40.1 Å². The zero-order chi connectivity index (χ0) is 23.7. The summed E-state index contributed by atoms with van der Waals surface area (Å²) in [6.45, 7) is 4.37. The molecule has 2 heterocycles. The van der Waals surface area contributed by atoms with E-state index in [1.165, 1.54) is 19.1 Å². The average Bonchev–Trinajstić information content (AvgIpc) is 3.42. The highest BCUT2D eigenvalue weighted by atomic mass is 19.1. The number of carbonyl (C=O) groups is 1. The summed E-state index contributed by atoms with van der Waals surface area (Å²) in [5.41, 5.74) is 6.35. The van der Waals surface area contributed by atoms with E-state index in [1.807, 2.05) is 36.4 Å². The third-order valence-corrected chi connectivity index (χ3v) is 5.77. The highest BCUT2D eigenvalue weighted by Gasteiger charge is 2.15. The van der Waals surface area contributed by atoms with Crippen molar-refractivity contribution in [1.29, 1.82) is 0 Å². The molecular weight excluding hydrogens is 429 g/mol. The van der Waals surface area contributed by atoms with E-state index in [0.29, 0.717) is 12.1 Å². The van der Waals surface area contributed by atoms with Gasteiger partial charge in [0.1, 0.15) is 11.6 Å². The van der Waals surface area contributed by atoms with Crippen LogP contribution >= 0.6 is 0 Å². The smallest absolute Gasteiger partial charge is 0.221 e. The van der Waals surface area contributed by atoms with Crippen molar-refractivity contribution in [2.24, 2.45) is 0 Å². The van der Waals surface area contributed by atoms with Gasteiger partial charge in [0.05, 0.1) is 22.4 Å². The van der Waals surface area contributed by atoms with Gasteiger partial charge in [0.15, 0.2) is 0 Å². The predicted molar refractivity (Wildman–Crippen MR) is 131 cm³/mol. The topological polar surface area (TPSA) is 64.7 Å². The summed E-state index contributed by atoms with van der Waals surface area (Å²) in [5, 5.41) is 7.23. The number of anilines is 1. The molecule has 0 aliphatic carbocycles. The van der Waals surface area contributed by atoms with Crippen LogP contribution in [0.5, 0.6) is 0 Å². The van der Waals surface area contributed by atoms with Gasteiger partial charge in [-0.05, 0) is 66.6 Å². The molecule has 2 aromatic heterocycles. The number of aromatic nitrogens is 4. The van der Waals surface area contributed by atoms with Crippen LogP contribution in [-0.4, -0.2) is 25.2 Å². The number of nitrogens with one attached hydrogen (secondary N) is 1. The molecule has 0 bridgehead atoms. The van der Waals surface area contributed by atoms with Crippen molar-refractivity contribution in [1.82, 2.24) is 19.3 Å². The zero-order valence-corrected chi connectivity index (χ0v) is 19.0. The van der Waals surface area contributed by atoms with Crippen molar-refractivity contribution < 1.29 is 9.18 Å². The number of hydrogen-bond donors (Lipinski definition) is 1. The van der Waals surface area contributed by atoms with Gasteiger partial charge in [0.25, 0.3) is 0 Å². The van der Waals surface area contributed by atoms with E-state index < -0.39 is 0 Å². The maximum atomic E-state index is 13.8.